The number of likely N-dealkylation sites (tertiary alicyclic amines) is 1. The molecule has 5 heteroatoms. The summed E-state index contributed by atoms with van der Waals surface area (Å²) in [6.45, 7) is 5.59. The second-order valence-electron chi connectivity index (χ2n) is 7.21. The Kier molecular flexibility index (Phi) is 4.16. The van der Waals surface area contributed by atoms with Crippen molar-refractivity contribution in [2.75, 3.05) is 19.7 Å². The van der Waals surface area contributed by atoms with E-state index in [0.29, 0.717) is 6.61 Å². The Labute approximate surface area is 142 Å². The van der Waals surface area contributed by atoms with Gasteiger partial charge < -0.3 is 9.84 Å². The van der Waals surface area contributed by atoms with Crippen molar-refractivity contribution in [3.8, 4) is 5.69 Å². The molecule has 1 atom stereocenters. The Hall–Kier alpha value is -1.69. The Morgan fingerprint density at radius 1 is 1.33 bits per heavy atom. The van der Waals surface area contributed by atoms with Crippen LogP contribution in [0.25, 0.3) is 5.69 Å². The monoisotopic (exact) mass is 327 g/mol. The highest BCUT2D eigenvalue weighted by Crippen LogP contribution is 2.36. The quantitative estimate of drug-likeness (QED) is 0.940. The minimum absolute atomic E-state index is 0.0761. The first-order valence-corrected chi connectivity index (χ1v) is 8.78. The Bertz CT molecular complexity index is 691. The molecule has 0 aliphatic carbocycles. The third-order valence-corrected chi connectivity index (χ3v) is 5.34. The lowest BCUT2D eigenvalue weighted by Crippen LogP contribution is -2.44. The Morgan fingerprint density at radius 2 is 2.17 bits per heavy atom. The highest BCUT2D eigenvalue weighted by atomic mass is 16.5. The number of aryl methyl sites for hydroxylation is 1. The van der Waals surface area contributed by atoms with Gasteiger partial charge in [-0.25, -0.2) is 4.68 Å². The molecule has 0 bridgehead atoms. The van der Waals surface area contributed by atoms with Crippen molar-refractivity contribution in [1.29, 1.82) is 0 Å². The van der Waals surface area contributed by atoms with Crippen molar-refractivity contribution in [2.24, 2.45) is 0 Å². The van der Waals surface area contributed by atoms with Gasteiger partial charge in [0.1, 0.15) is 0 Å². The average molecular weight is 327 g/mol. The van der Waals surface area contributed by atoms with Crippen LogP contribution in [-0.4, -0.2) is 51.2 Å². The van der Waals surface area contributed by atoms with Gasteiger partial charge in [-0.05, 0) is 37.5 Å². The Balaban J connectivity index is 1.48. The van der Waals surface area contributed by atoms with E-state index in [1.54, 1.807) is 0 Å². The van der Waals surface area contributed by atoms with Crippen LogP contribution in [0.2, 0.25) is 0 Å². The molecule has 128 valence electrons. The van der Waals surface area contributed by atoms with Crippen molar-refractivity contribution in [3.63, 3.8) is 0 Å². The maximum absolute atomic E-state index is 9.77. The molecule has 2 aliphatic rings. The van der Waals surface area contributed by atoms with E-state index in [4.69, 9.17) is 4.74 Å². The Morgan fingerprint density at radius 3 is 2.83 bits per heavy atom. The van der Waals surface area contributed by atoms with Gasteiger partial charge in [0.05, 0.1) is 24.0 Å². The molecular weight excluding hydrogens is 302 g/mol. The van der Waals surface area contributed by atoms with Gasteiger partial charge in [0.25, 0.3) is 0 Å². The van der Waals surface area contributed by atoms with E-state index in [-0.39, 0.29) is 11.7 Å². The molecule has 0 saturated carbocycles. The summed E-state index contributed by atoms with van der Waals surface area (Å²) in [7, 11) is 0. The molecule has 1 aromatic carbocycles. The zero-order chi connectivity index (χ0) is 16.6. The predicted octanol–water partition coefficient (Wildman–Crippen LogP) is 2.30. The maximum atomic E-state index is 9.77. The first kappa shape index (κ1) is 15.8. The molecule has 2 saturated heterocycles. The van der Waals surface area contributed by atoms with Gasteiger partial charge in [-0.1, -0.05) is 17.7 Å². The number of nitrogens with zero attached hydrogens (tertiary/aromatic N) is 3. The minimum Gasteiger partial charge on any atom is -0.391 e. The minimum atomic E-state index is -0.278. The molecule has 2 fully saturated rings. The van der Waals surface area contributed by atoms with Crippen molar-refractivity contribution in [3.05, 3.63) is 47.8 Å². The van der Waals surface area contributed by atoms with Crippen molar-refractivity contribution in [2.45, 2.75) is 44.4 Å². The number of aliphatic hydroxyl groups excluding tert-OH is 1. The first-order valence-electron chi connectivity index (χ1n) is 8.78. The zero-order valence-electron chi connectivity index (χ0n) is 14.2. The van der Waals surface area contributed by atoms with Crippen LogP contribution in [0.1, 0.15) is 30.4 Å². The number of benzene rings is 1. The second kappa shape index (κ2) is 6.31. The third kappa shape index (κ3) is 3.11. The van der Waals surface area contributed by atoms with Crippen molar-refractivity contribution in [1.82, 2.24) is 14.7 Å². The molecule has 0 radical (unpaired) electrons. The molecule has 1 spiro atoms. The number of aliphatic hydroxyl groups is 1. The number of rotatable bonds is 3. The van der Waals surface area contributed by atoms with Gasteiger partial charge in [0, 0.05) is 38.4 Å². The molecule has 3 heterocycles. The summed E-state index contributed by atoms with van der Waals surface area (Å²) in [4.78, 5) is 2.49. The van der Waals surface area contributed by atoms with Crippen LogP contribution in [0.4, 0.5) is 0 Å². The summed E-state index contributed by atoms with van der Waals surface area (Å²) in [5, 5.41) is 14.2. The molecule has 2 aliphatic heterocycles. The lowest BCUT2D eigenvalue weighted by molar-refractivity contribution is -0.0456. The van der Waals surface area contributed by atoms with E-state index in [0.717, 1.165) is 44.6 Å². The summed E-state index contributed by atoms with van der Waals surface area (Å²) in [5.41, 5.74) is 3.66. The largest absolute Gasteiger partial charge is 0.391 e. The molecule has 0 unspecified atom stereocenters. The second-order valence-corrected chi connectivity index (χ2v) is 7.21. The number of aromatic nitrogens is 2. The summed E-state index contributed by atoms with van der Waals surface area (Å²) in [6, 6.07) is 8.51. The van der Waals surface area contributed by atoms with Crippen LogP contribution in [0.3, 0.4) is 0 Å². The fourth-order valence-corrected chi connectivity index (χ4v) is 4.00. The molecule has 24 heavy (non-hydrogen) atoms. The summed E-state index contributed by atoms with van der Waals surface area (Å²) >= 11 is 0. The van der Waals surface area contributed by atoms with Crippen LogP contribution < -0.4 is 0 Å². The molecule has 4 rings (SSSR count). The van der Waals surface area contributed by atoms with E-state index >= 15 is 0 Å². The molecule has 0 amide bonds. The van der Waals surface area contributed by atoms with E-state index < -0.39 is 0 Å². The summed E-state index contributed by atoms with van der Waals surface area (Å²) in [5.74, 6) is 0. The standard InChI is InChI=1S/C19H25N3O2/c1-15-3-4-18(22-8-2-7-20-22)16(11-15)13-21-9-5-19(6-10-21)12-17(23)14-24-19/h2-4,7-8,11,17,23H,5-6,9-10,12-14H2,1H3/t17-/m1/s1. The first-order chi connectivity index (χ1) is 11.6. The van der Waals surface area contributed by atoms with Crippen molar-refractivity contribution >= 4 is 0 Å². The smallest absolute Gasteiger partial charge is 0.0801 e. The van der Waals surface area contributed by atoms with Crippen LogP contribution >= 0.6 is 0 Å². The van der Waals surface area contributed by atoms with Gasteiger partial charge in [0.2, 0.25) is 0 Å². The molecular formula is C19H25N3O2. The van der Waals surface area contributed by atoms with Crippen LogP contribution in [0.15, 0.2) is 36.7 Å². The van der Waals surface area contributed by atoms with Crippen molar-refractivity contribution < 1.29 is 9.84 Å². The van der Waals surface area contributed by atoms with Gasteiger partial charge in [-0.15, -0.1) is 0 Å². The highest BCUT2D eigenvalue weighted by molar-refractivity contribution is 5.42. The number of hydrogen-bond acceptors (Lipinski definition) is 4. The van der Waals surface area contributed by atoms with Gasteiger partial charge >= 0.3 is 0 Å². The average Bonchev–Trinajstić information content (AvgIpc) is 3.21. The number of hydrogen-bond donors (Lipinski definition) is 1. The summed E-state index contributed by atoms with van der Waals surface area (Å²) < 4.78 is 7.84. The van der Waals surface area contributed by atoms with E-state index in [1.807, 2.05) is 23.1 Å². The summed E-state index contributed by atoms with van der Waals surface area (Å²) in [6.07, 6.45) is 6.34. The van der Waals surface area contributed by atoms with Crippen LogP contribution in [-0.2, 0) is 11.3 Å². The number of ether oxygens (including phenoxy) is 1. The van der Waals surface area contributed by atoms with Gasteiger partial charge in [-0.2, -0.15) is 5.10 Å². The zero-order valence-corrected chi connectivity index (χ0v) is 14.2. The fraction of sp³-hybridized carbons (Fsp3) is 0.526. The van der Waals surface area contributed by atoms with E-state index in [1.165, 1.54) is 11.1 Å². The highest BCUT2D eigenvalue weighted by Gasteiger charge is 2.42. The van der Waals surface area contributed by atoms with E-state index in [9.17, 15) is 5.11 Å². The lowest BCUT2D eigenvalue weighted by atomic mass is 9.88. The van der Waals surface area contributed by atoms with Gasteiger partial charge in [0.15, 0.2) is 0 Å². The normalized spacial score (nSPS) is 23.8. The third-order valence-electron chi connectivity index (χ3n) is 5.34. The maximum Gasteiger partial charge on any atom is 0.0801 e. The topological polar surface area (TPSA) is 50.5 Å². The number of piperidine rings is 1. The lowest BCUT2D eigenvalue weighted by Gasteiger charge is -2.38. The fourth-order valence-electron chi connectivity index (χ4n) is 4.00. The van der Waals surface area contributed by atoms with Crippen LogP contribution in [0, 0.1) is 6.92 Å². The van der Waals surface area contributed by atoms with Gasteiger partial charge in [-0.3, -0.25) is 4.90 Å². The molecule has 2 aromatic rings. The molecule has 5 nitrogen and oxygen atoms in total. The SMILES string of the molecule is Cc1ccc(-n2cccn2)c(CN2CCC3(CC2)C[C@@H](O)CO3)c1. The molecule has 1 N–H and O–H groups in total. The molecule has 1 aromatic heterocycles. The predicted molar refractivity (Wildman–Crippen MR) is 92.1 cm³/mol. The van der Waals surface area contributed by atoms with Crippen LogP contribution in [0.5, 0.6) is 0 Å². The van der Waals surface area contributed by atoms with E-state index in [2.05, 4.69) is 35.1 Å².